The summed E-state index contributed by atoms with van der Waals surface area (Å²) < 4.78 is 5.49. The van der Waals surface area contributed by atoms with Gasteiger partial charge in [-0.2, -0.15) is 0 Å². The average Bonchev–Trinajstić information content (AvgIpc) is 2.77. The van der Waals surface area contributed by atoms with Crippen LogP contribution in [0.1, 0.15) is 18.9 Å². The lowest BCUT2D eigenvalue weighted by Crippen LogP contribution is -2.47. The molecule has 1 N–H and O–H groups in total. The SMILES string of the molecule is COc1ccccc1N1CCN(CCCNC(=O)C(C)Cc2ccccc2)CC1. The molecule has 1 unspecified atom stereocenters. The molecule has 2 aromatic rings. The van der Waals surface area contributed by atoms with E-state index in [-0.39, 0.29) is 11.8 Å². The molecule has 1 aliphatic heterocycles. The standard InChI is InChI=1S/C24H33N3O2/c1-20(19-21-9-4-3-5-10-21)24(28)25-13-8-14-26-15-17-27(18-16-26)22-11-6-7-12-23(22)29-2/h3-7,9-12,20H,8,13-19H2,1-2H3,(H,25,28). The lowest BCUT2D eigenvalue weighted by Gasteiger charge is -2.36. The van der Waals surface area contributed by atoms with Gasteiger partial charge in [-0.1, -0.05) is 49.4 Å². The molecule has 1 heterocycles. The van der Waals surface area contributed by atoms with Crippen molar-refractivity contribution in [1.29, 1.82) is 0 Å². The average molecular weight is 396 g/mol. The summed E-state index contributed by atoms with van der Waals surface area (Å²) in [4.78, 5) is 17.2. The summed E-state index contributed by atoms with van der Waals surface area (Å²) in [5, 5.41) is 3.10. The highest BCUT2D eigenvalue weighted by molar-refractivity contribution is 5.78. The number of nitrogens with zero attached hydrogens (tertiary/aromatic N) is 2. The van der Waals surface area contributed by atoms with Crippen LogP contribution in [0.15, 0.2) is 54.6 Å². The van der Waals surface area contributed by atoms with Crippen molar-refractivity contribution in [2.75, 3.05) is 51.3 Å². The normalized spacial score (nSPS) is 15.7. The number of benzene rings is 2. The molecule has 1 amide bonds. The number of piperazine rings is 1. The van der Waals surface area contributed by atoms with Crippen LogP contribution in [0.2, 0.25) is 0 Å². The molecular formula is C24H33N3O2. The zero-order valence-corrected chi connectivity index (χ0v) is 17.6. The quantitative estimate of drug-likeness (QED) is 0.663. The minimum atomic E-state index is 0.00166. The predicted octanol–water partition coefficient (Wildman–Crippen LogP) is 3.20. The maximum atomic E-state index is 12.3. The Labute approximate surface area is 174 Å². The molecule has 0 saturated carbocycles. The number of anilines is 1. The van der Waals surface area contributed by atoms with Crippen molar-refractivity contribution in [3.63, 3.8) is 0 Å². The monoisotopic (exact) mass is 395 g/mol. The third-order valence-corrected chi connectivity index (χ3v) is 5.58. The Morgan fingerprint density at radius 1 is 1.03 bits per heavy atom. The van der Waals surface area contributed by atoms with Gasteiger partial charge in [0.1, 0.15) is 5.75 Å². The summed E-state index contributed by atoms with van der Waals surface area (Å²) in [5.74, 6) is 1.09. The number of methoxy groups -OCH3 is 1. The van der Waals surface area contributed by atoms with E-state index in [4.69, 9.17) is 4.74 Å². The summed E-state index contributed by atoms with van der Waals surface area (Å²) in [6.45, 7) is 7.84. The highest BCUT2D eigenvalue weighted by Gasteiger charge is 2.19. The van der Waals surface area contributed by atoms with Gasteiger partial charge >= 0.3 is 0 Å². The van der Waals surface area contributed by atoms with Gasteiger partial charge in [0.15, 0.2) is 0 Å². The van der Waals surface area contributed by atoms with Crippen molar-refractivity contribution < 1.29 is 9.53 Å². The molecule has 0 spiro atoms. The van der Waals surface area contributed by atoms with E-state index in [9.17, 15) is 4.79 Å². The largest absolute Gasteiger partial charge is 0.495 e. The molecule has 29 heavy (non-hydrogen) atoms. The number of hydrogen-bond donors (Lipinski definition) is 1. The van der Waals surface area contributed by atoms with E-state index >= 15 is 0 Å². The van der Waals surface area contributed by atoms with Crippen LogP contribution in [0.25, 0.3) is 0 Å². The summed E-state index contributed by atoms with van der Waals surface area (Å²) in [5.41, 5.74) is 2.39. The molecule has 1 aliphatic rings. The number of ether oxygens (including phenoxy) is 1. The van der Waals surface area contributed by atoms with Gasteiger partial charge < -0.3 is 15.0 Å². The van der Waals surface area contributed by atoms with Crippen LogP contribution in [0.5, 0.6) is 5.75 Å². The van der Waals surface area contributed by atoms with Gasteiger partial charge in [0.05, 0.1) is 12.8 Å². The van der Waals surface area contributed by atoms with Crippen molar-refractivity contribution in [3.8, 4) is 5.75 Å². The van der Waals surface area contributed by atoms with Gasteiger partial charge in [-0.15, -0.1) is 0 Å². The van der Waals surface area contributed by atoms with Crippen molar-refractivity contribution in [1.82, 2.24) is 10.2 Å². The van der Waals surface area contributed by atoms with Crippen molar-refractivity contribution in [2.45, 2.75) is 19.8 Å². The van der Waals surface area contributed by atoms with E-state index in [0.717, 1.165) is 57.9 Å². The topological polar surface area (TPSA) is 44.8 Å². The first kappa shape index (κ1) is 21.2. The third kappa shape index (κ3) is 6.23. The van der Waals surface area contributed by atoms with Crippen LogP contribution in [0.3, 0.4) is 0 Å². The first-order valence-corrected chi connectivity index (χ1v) is 10.6. The predicted molar refractivity (Wildman–Crippen MR) is 119 cm³/mol. The fourth-order valence-corrected chi connectivity index (χ4v) is 3.85. The highest BCUT2D eigenvalue weighted by Crippen LogP contribution is 2.28. The summed E-state index contributed by atoms with van der Waals surface area (Å²) in [7, 11) is 1.73. The molecule has 1 fully saturated rings. The zero-order chi connectivity index (χ0) is 20.5. The second-order valence-corrected chi connectivity index (χ2v) is 7.74. The fraction of sp³-hybridized carbons (Fsp3) is 0.458. The van der Waals surface area contributed by atoms with Crippen LogP contribution < -0.4 is 15.0 Å². The molecule has 3 rings (SSSR count). The van der Waals surface area contributed by atoms with Crippen LogP contribution in [-0.2, 0) is 11.2 Å². The maximum absolute atomic E-state index is 12.3. The minimum Gasteiger partial charge on any atom is -0.495 e. The van der Waals surface area contributed by atoms with E-state index in [1.165, 1.54) is 11.3 Å². The van der Waals surface area contributed by atoms with Crippen LogP contribution in [-0.4, -0.2) is 57.2 Å². The van der Waals surface area contributed by atoms with Crippen LogP contribution in [0, 0.1) is 5.92 Å². The Kier molecular flexibility index (Phi) is 7.94. The number of rotatable bonds is 9. The Morgan fingerprint density at radius 2 is 1.72 bits per heavy atom. The Bertz CT molecular complexity index is 758. The van der Waals surface area contributed by atoms with Crippen LogP contribution >= 0.6 is 0 Å². The highest BCUT2D eigenvalue weighted by atomic mass is 16.5. The lowest BCUT2D eigenvalue weighted by atomic mass is 10.0. The first-order chi connectivity index (χ1) is 14.2. The third-order valence-electron chi connectivity index (χ3n) is 5.58. The number of para-hydroxylation sites is 2. The molecule has 0 bridgehead atoms. The van der Waals surface area contributed by atoms with E-state index in [0.29, 0.717) is 0 Å². The molecule has 156 valence electrons. The molecule has 0 radical (unpaired) electrons. The second-order valence-electron chi connectivity index (χ2n) is 7.74. The zero-order valence-electron chi connectivity index (χ0n) is 17.6. The van der Waals surface area contributed by atoms with E-state index in [1.54, 1.807) is 7.11 Å². The smallest absolute Gasteiger partial charge is 0.223 e. The number of carbonyl (C=O) groups is 1. The van der Waals surface area contributed by atoms with Gasteiger partial charge in [0.25, 0.3) is 0 Å². The van der Waals surface area contributed by atoms with E-state index < -0.39 is 0 Å². The van der Waals surface area contributed by atoms with Gasteiger partial charge in [-0.25, -0.2) is 0 Å². The molecule has 0 aromatic heterocycles. The lowest BCUT2D eigenvalue weighted by molar-refractivity contribution is -0.124. The van der Waals surface area contributed by atoms with E-state index in [1.807, 2.05) is 37.3 Å². The fourth-order valence-electron chi connectivity index (χ4n) is 3.85. The van der Waals surface area contributed by atoms with Gasteiger partial charge in [-0.05, 0) is 37.1 Å². The Morgan fingerprint density at radius 3 is 2.45 bits per heavy atom. The molecule has 5 nitrogen and oxygen atoms in total. The molecule has 1 atom stereocenters. The Hall–Kier alpha value is -2.53. The molecule has 0 aliphatic carbocycles. The van der Waals surface area contributed by atoms with Gasteiger partial charge in [-0.3, -0.25) is 9.69 Å². The minimum absolute atomic E-state index is 0.00166. The first-order valence-electron chi connectivity index (χ1n) is 10.6. The molecule has 2 aromatic carbocycles. The van der Waals surface area contributed by atoms with E-state index in [2.05, 4.69) is 39.4 Å². The number of carbonyl (C=O) groups excluding carboxylic acids is 1. The summed E-state index contributed by atoms with van der Waals surface area (Å²) >= 11 is 0. The number of nitrogens with one attached hydrogen (secondary N) is 1. The van der Waals surface area contributed by atoms with Crippen molar-refractivity contribution in [3.05, 3.63) is 60.2 Å². The van der Waals surface area contributed by atoms with Gasteiger partial charge in [0.2, 0.25) is 5.91 Å². The Balaban J connectivity index is 1.33. The maximum Gasteiger partial charge on any atom is 0.223 e. The number of hydrogen-bond acceptors (Lipinski definition) is 4. The van der Waals surface area contributed by atoms with Crippen molar-refractivity contribution >= 4 is 11.6 Å². The number of amides is 1. The van der Waals surface area contributed by atoms with Crippen molar-refractivity contribution in [2.24, 2.45) is 5.92 Å². The molecule has 1 saturated heterocycles. The van der Waals surface area contributed by atoms with Crippen LogP contribution in [0.4, 0.5) is 5.69 Å². The van der Waals surface area contributed by atoms with Gasteiger partial charge in [0, 0.05) is 38.6 Å². The summed E-state index contributed by atoms with van der Waals surface area (Å²) in [6, 6.07) is 18.4. The summed E-state index contributed by atoms with van der Waals surface area (Å²) in [6.07, 6.45) is 1.77. The molecule has 5 heteroatoms. The second kappa shape index (κ2) is 10.9. The molecular weight excluding hydrogens is 362 g/mol.